The van der Waals surface area contributed by atoms with E-state index in [4.69, 9.17) is 0 Å². The molecule has 1 N–H and O–H groups in total. The third-order valence-corrected chi connectivity index (χ3v) is 5.51. The van der Waals surface area contributed by atoms with Gasteiger partial charge in [-0.25, -0.2) is 4.98 Å². The lowest BCUT2D eigenvalue weighted by Gasteiger charge is -2.32. The second-order valence-electron chi connectivity index (χ2n) is 7.86. The number of hydrogen-bond donors (Lipinski definition) is 1. The van der Waals surface area contributed by atoms with Gasteiger partial charge in [0.15, 0.2) is 0 Å². The molecule has 0 atom stereocenters. The number of imidazole rings is 1. The van der Waals surface area contributed by atoms with Crippen molar-refractivity contribution in [2.45, 2.75) is 70.9 Å². The Balaban J connectivity index is 1.40. The lowest BCUT2D eigenvalue weighted by Crippen LogP contribution is -2.44. The molecule has 0 bridgehead atoms. The molecule has 134 valence electrons. The molecule has 0 unspecified atom stereocenters. The number of aromatic nitrogens is 2. The summed E-state index contributed by atoms with van der Waals surface area (Å²) in [6.45, 7) is 8.11. The molecule has 3 rings (SSSR count). The Hall–Kier alpha value is -1.36. The molecule has 5 nitrogen and oxygen atoms in total. The Kier molecular flexibility index (Phi) is 5.93. The minimum atomic E-state index is 0.219. The molecule has 24 heavy (non-hydrogen) atoms. The van der Waals surface area contributed by atoms with Gasteiger partial charge in [-0.2, -0.15) is 0 Å². The highest BCUT2D eigenvalue weighted by Crippen LogP contribution is 2.22. The zero-order valence-electron chi connectivity index (χ0n) is 15.2. The molecule has 5 heteroatoms. The SMILES string of the molecule is CC(C)c1nccn1CC1CCN(CC(=O)NC2CCCC2)CC1. The highest BCUT2D eigenvalue weighted by molar-refractivity contribution is 5.78. The van der Waals surface area contributed by atoms with Gasteiger partial charge in [0, 0.05) is 30.9 Å². The molecule has 0 spiro atoms. The summed E-state index contributed by atoms with van der Waals surface area (Å²) in [7, 11) is 0. The Morgan fingerprint density at radius 1 is 1.25 bits per heavy atom. The van der Waals surface area contributed by atoms with E-state index < -0.39 is 0 Å². The van der Waals surface area contributed by atoms with Crippen molar-refractivity contribution >= 4 is 5.91 Å². The van der Waals surface area contributed by atoms with Crippen LogP contribution in [0.5, 0.6) is 0 Å². The van der Waals surface area contributed by atoms with Crippen molar-refractivity contribution in [3.8, 4) is 0 Å². The number of likely N-dealkylation sites (tertiary alicyclic amines) is 1. The van der Waals surface area contributed by atoms with E-state index in [0.717, 1.165) is 32.5 Å². The Morgan fingerprint density at radius 2 is 1.96 bits per heavy atom. The second-order valence-corrected chi connectivity index (χ2v) is 7.86. The van der Waals surface area contributed by atoms with Crippen LogP contribution in [0.1, 0.15) is 64.1 Å². The fourth-order valence-corrected chi connectivity index (χ4v) is 4.13. The first kappa shape index (κ1) is 17.5. The van der Waals surface area contributed by atoms with Crippen LogP contribution in [0.2, 0.25) is 0 Å². The van der Waals surface area contributed by atoms with E-state index in [1.165, 1.54) is 31.5 Å². The summed E-state index contributed by atoms with van der Waals surface area (Å²) in [5.74, 6) is 2.58. The van der Waals surface area contributed by atoms with E-state index in [2.05, 4.69) is 39.8 Å². The third kappa shape index (κ3) is 4.59. The molecule has 1 amide bonds. The third-order valence-electron chi connectivity index (χ3n) is 5.51. The highest BCUT2D eigenvalue weighted by atomic mass is 16.2. The van der Waals surface area contributed by atoms with Crippen molar-refractivity contribution in [2.75, 3.05) is 19.6 Å². The molecule has 1 aromatic rings. The predicted molar refractivity (Wildman–Crippen MR) is 95.9 cm³/mol. The van der Waals surface area contributed by atoms with Gasteiger partial charge in [0.2, 0.25) is 5.91 Å². The normalized spacial score (nSPS) is 20.8. The molecular weight excluding hydrogens is 300 g/mol. The molecule has 2 aliphatic rings. The van der Waals surface area contributed by atoms with Crippen LogP contribution in [-0.2, 0) is 11.3 Å². The Morgan fingerprint density at radius 3 is 2.62 bits per heavy atom. The maximum Gasteiger partial charge on any atom is 0.234 e. The number of piperidine rings is 1. The van der Waals surface area contributed by atoms with E-state index in [0.29, 0.717) is 24.4 Å². The number of nitrogens with zero attached hydrogens (tertiary/aromatic N) is 3. The number of carbonyl (C=O) groups excluding carboxylic acids is 1. The van der Waals surface area contributed by atoms with Crippen LogP contribution in [0.25, 0.3) is 0 Å². The van der Waals surface area contributed by atoms with Gasteiger partial charge in [-0.15, -0.1) is 0 Å². The molecule has 1 aromatic heterocycles. The van der Waals surface area contributed by atoms with Gasteiger partial charge in [0.05, 0.1) is 6.54 Å². The molecular formula is C19H32N4O. The fourth-order valence-electron chi connectivity index (χ4n) is 4.13. The summed E-state index contributed by atoms with van der Waals surface area (Å²) in [5, 5.41) is 3.20. The van der Waals surface area contributed by atoms with Crippen LogP contribution in [0, 0.1) is 5.92 Å². The maximum absolute atomic E-state index is 12.2. The summed E-state index contributed by atoms with van der Waals surface area (Å²) in [6, 6.07) is 0.436. The first-order valence-corrected chi connectivity index (χ1v) is 9.64. The van der Waals surface area contributed by atoms with Gasteiger partial charge in [-0.05, 0) is 44.7 Å². The van der Waals surface area contributed by atoms with Crippen LogP contribution in [0.4, 0.5) is 0 Å². The number of carbonyl (C=O) groups is 1. The number of amides is 1. The number of nitrogens with one attached hydrogen (secondary N) is 1. The quantitative estimate of drug-likeness (QED) is 0.871. The van der Waals surface area contributed by atoms with Crippen molar-refractivity contribution in [1.29, 1.82) is 0 Å². The van der Waals surface area contributed by atoms with E-state index in [9.17, 15) is 4.79 Å². The summed E-state index contributed by atoms with van der Waals surface area (Å²) < 4.78 is 2.32. The van der Waals surface area contributed by atoms with E-state index in [1.807, 2.05) is 6.20 Å². The topological polar surface area (TPSA) is 50.2 Å². The van der Waals surface area contributed by atoms with Gasteiger partial charge in [-0.1, -0.05) is 26.7 Å². The molecule has 1 aliphatic carbocycles. The first-order valence-electron chi connectivity index (χ1n) is 9.64. The van der Waals surface area contributed by atoms with E-state index >= 15 is 0 Å². The van der Waals surface area contributed by atoms with Crippen molar-refractivity contribution in [3.05, 3.63) is 18.2 Å². The van der Waals surface area contributed by atoms with Crippen LogP contribution < -0.4 is 5.32 Å². The average Bonchev–Trinajstić information content (AvgIpc) is 3.21. The zero-order valence-corrected chi connectivity index (χ0v) is 15.2. The monoisotopic (exact) mass is 332 g/mol. The maximum atomic E-state index is 12.2. The van der Waals surface area contributed by atoms with Crippen LogP contribution >= 0.6 is 0 Å². The van der Waals surface area contributed by atoms with Crippen molar-refractivity contribution in [2.24, 2.45) is 5.92 Å². The number of rotatable bonds is 6. The van der Waals surface area contributed by atoms with Gasteiger partial charge in [0.1, 0.15) is 5.82 Å². The molecule has 2 fully saturated rings. The van der Waals surface area contributed by atoms with Crippen molar-refractivity contribution in [1.82, 2.24) is 19.8 Å². The van der Waals surface area contributed by atoms with Gasteiger partial charge < -0.3 is 9.88 Å². The summed E-state index contributed by atoms with van der Waals surface area (Å²) >= 11 is 0. The predicted octanol–water partition coefficient (Wildman–Crippen LogP) is 2.78. The van der Waals surface area contributed by atoms with Crippen LogP contribution in [0.15, 0.2) is 12.4 Å². The lowest BCUT2D eigenvalue weighted by atomic mass is 9.96. The summed E-state index contributed by atoms with van der Waals surface area (Å²) in [5.41, 5.74) is 0. The highest BCUT2D eigenvalue weighted by Gasteiger charge is 2.23. The zero-order chi connectivity index (χ0) is 16.9. The molecule has 1 saturated heterocycles. The first-order chi connectivity index (χ1) is 11.6. The standard InChI is InChI=1S/C19H32N4O/c1-15(2)19-20-9-12-23(19)13-16-7-10-22(11-8-16)14-18(24)21-17-5-3-4-6-17/h9,12,15-17H,3-8,10-11,13-14H2,1-2H3,(H,21,24). The average molecular weight is 332 g/mol. The smallest absolute Gasteiger partial charge is 0.234 e. The van der Waals surface area contributed by atoms with E-state index in [1.54, 1.807) is 0 Å². The molecule has 1 aliphatic heterocycles. The lowest BCUT2D eigenvalue weighted by molar-refractivity contribution is -0.123. The van der Waals surface area contributed by atoms with Gasteiger partial charge in [-0.3, -0.25) is 9.69 Å². The largest absolute Gasteiger partial charge is 0.352 e. The second kappa shape index (κ2) is 8.15. The Bertz CT molecular complexity index is 525. The summed E-state index contributed by atoms with van der Waals surface area (Å²) in [4.78, 5) is 19.0. The number of hydrogen-bond acceptors (Lipinski definition) is 3. The fraction of sp³-hybridized carbons (Fsp3) is 0.789. The van der Waals surface area contributed by atoms with Crippen LogP contribution in [-0.4, -0.2) is 46.0 Å². The van der Waals surface area contributed by atoms with Crippen molar-refractivity contribution in [3.63, 3.8) is 0 Å². The summed E-state index contributed by atoms with van der Waals surface area (Å²) in [6.07, 6.45) is 11.2. The minimum Gasteiger partial charge on any atom is -0.352 e. The van der Waals surface area contributed by atoms with E-state index in [-0.39, 0.29) is 5.91 Å². The van der Waals surface area contributed by atoms with Gasteiger partial charge in [0.25, 0.3) is 0 Å². The molecule has 2 heterocycles. The molecule has 0 aromatic carbocycles. The van der Waals surface area contributed by atoms with Gasteiger partial charge >= 0.3 is 0 Å². The molecule has 0 radical (unpaired) electrons. The minimum absolute atomic E-state index is 0.219. The molecule has 1 saturated carbocycles. The van der Waals surface area contributed by atoms with Crippen molar-refractivity contribution < 1.29 is 4.79 Å². The van der Waals surface area contributed by atoms with Crippen LogP contribution in [0.3, 0.4) is 0 Å². The Labute approximate surface area is 145 Å².